The summed E-state index contributed by atoms with van der Waals surface area (Å²) in [5.41, 5.74) is 6.49. The quantitative estimate of drug-likeness (QED) is 0.444. The maximum atomic E-state index is 6.35. The lowest BCUT2D eigenvalue weighted by Gasteiger charge is -2.49. The molecular formula is C32H41NO2. The van der Waals surface area contributed by atoms with Gasteiger partial charge in [-0.3, -0.25) is 0 Å². The third-order valence-electron chi connectivity index (χ3n) is 7.84. The molecule has 0 radical (unpaired) electrons. The van der Waals surface area contributed by atoms with E-state index in [-0.39, 0.29) is 29.2 Å². The highest BCUT2D eigenvalue weighted by atomic mass is 16.5. The molecule has 186 valence electrons. The molecule has 0 spiro atoms. The third kappa shape index (κ3) is 4.36. The van der Waals surface area contributed by atoms with E-state index < -0.39 is 0 Å². The number of rotatable bonds is 2. The third-order valence-corrected chi connectivity index (χ3v) is 7.84. The lowest BCUT2D eigenvalue weighted by atomic mass is 9.81. The van der Waals surface area contributed by atoms with Gasteiger partial charge in [0.25, 0.3) is 0 Å². The van der Waals surface area contributed by atoms with Crippen LogP contribution >= 0.6 is 0 Å². The Hall–Kier alpha value is -2.78. The molecule has 2 aromatic carbocycles. The van der Waals surface area contributed by atoms with Crippen LogP contribution in [0.3, 0.4) is 0 Å². The standard InChI is InChI=1S/C30H35NO2.C2H6/c1-20-17-21(2)33-22(3)30(6,19-32-20)31-16-10-9-13-28(31)23-14-15-25-24-11-7-8-12-26(24)29(4,5)27(25)18-23;1-2/h7-18,20,22,28H,19H2,1-6H3;1-2H3/b21-17-;. The first kappa shape index (κ1) is 25.3. The van der Waals surface area contributed by atoms with Gasteiger partial charge in [-0.05, 0) is 67.7 Å². The van der Waals surface area contributed by atoms with Crippen LogP contribution in [0.1, 0.15) is 78.1 Å². The number of nitrogens with zero attached hydrogens (tertiary/aromatic N) is 1. The van der Waals surface area contributed by atoms with Crippen molar-refractivity contribution in [3.8, 4) is 11.1 Å². The minimum atomic E-state index is -0.326. The van der Waals surface area contributed by atoms with Gasteiger partial charge in [0.15, 0.2) is 0 Å². The Morgan fingerprint density at radius 3 is 2.40 bits per heavy atom. The van der Waals surface area contributed by atoms with E-state index in [1.165, 1.54) is 27.8 Å². The van der Waals surface area contributed by atoms with E-state index in [1.807, 2.05) is 20.8 Å². The van der Waals surface area contributed by atoms with E-state index in [0.29, 0.717) is 6.61 Å². The van der Waals surface area contributed by atoms with Crippen LogP contribution in [0.25, 0.3) is 11.1 Å². The van der Waals surface area contributed by atoms with Gasteiger partial charge < -0.3 is 14.4 Å². The molecular weight excluding hydrogens is 430 g/mol. The number of hydrogen-bond donors (Lipinski definition) is 0. The molecule has 35 heavy (non-hydrogen) atoms. The molecule has 0 bridgehead atoms. The highest BCUT2D eigenvalue weighted by molar-refractivity contribution is 5.81. The zero-order valence-electron chi connectivity index (χ0n) is 22.6. The molecule has 0 N–H and O–H groups in total. The van der Waals surface area contributed by atoms with E-state index in [4.69, 9.17) is 9.47 Å². The van der Waals surface area contributed by atoms with Crippen molar-refractivity contribution >= 4 is 0 Å². The van der Waals surface area contributed by atoms with Crippen LogP contribution in [0.15, 0.2) is 78.7 Å². The van der Waals surface area contributed by atoms with Crippen LogP contribution in [0.4, 0.5) is 0 Å². The van der Waals surface area contributed by atoms with Gasteiger partial charge in [-0.15, -0.1) is 0 Å². The first-order valence-corrected chi connectivity index (χ1v) is 13.1. The predicted octanol–water partition coefficient (Wildman–Crippen LogP) is 7.93. The SMILES string of the molecule is C/C1=C/C(C)OCC(C)(N2C=CC=CC2c2ccc3c(c2)C(C)(C)c2ccccc2-3)C(C)O1.CC. The smallest absolute Gasteiger partial charge is 0.120 e. The number of ether oxygens (including phenoxy) is 2. The summed E-state index contributed by atoms with van der Waals surface area (Å²) >= 11 is 0. The van der Waals surface area contributed by atoms with Crippen molar-refractivity contribution in [1.29, 1.82) is 0 Å². The average Bonchev–Trinajstić information content (AvgIpc) is 3.09. The Kier molecular flexibility index (Phi) is 7.02. The van der Waals surface area contributed by atoms with Crippen molar-refractivity contribution < 1.29 is 9.47 Å². The number of allylic oxidation sites excluding steroid dienone is 3. The normalized spacial score (nSPS) is 30.0. The summed E-state index contributed by atoms with van der Waals surface area (Å²) in [4.78, 5) is 2.43. The van der Waals surface area contributed by atoms with E-state index in [0.717, 1.165) is 5.76 Å². The molecule has 1 aliphatic carbocycles. The van der Waals surface area contributed by atoms with Gasteiger partial charge in [-0.2, -0.15) is 0 Å². The molecule has 4 unspecified atom stereocenters. The second-order valence-electron chi connectivity index (χ2n) is 10.5. The molecule has 0 fully saturated rings. The van der Waals surface area contributed by atoms with E-state index in [2.05, 4.69) is 112 Å². The van der Waals surface area contributed by atoms with E-state index in [1.54, 1.807) is 0 Å². The molecule has 3 nitrogen and oxygen atoms in total. The Labute approximate surface area is 212 Å². The molecule has 3 aliphatic rings. The van der Waals surface area contributed by atoms with Gasteiger partial charge in [0.1, 0.15) is 6.10 Å². The Balaban J connectivity index is 0.00000141. The highest BCUT2D eigenvalue weighted by Crippen LogP contribution is 2.49. The van der Waals surface area contributed by atoms with Gasteiger partial charge >= 0.3 is 0 Å². The molecule has 2 aromatic rings. The summed E-state index contributed by atoms with van der Waals surface area (Å²) in [6, 6.07) is 16.0. The van der Waals surface area contributed by atoms with E-state index in [9.17, 15) is 0 Å². The molecule has 0 saturated carbocycles. The lowest BCUT2D eigenvalue weighted by Crippen LogP contribution is -2.57. The topological polar surface area (TPSA) is 21.7 Å². The van der Waals surface area contributed by atoms with Crippen molar-refractivity contribution in [2.75, 3.05) is 6.61 Å². The summed E-state index contributed by atoms with van der Waals surface area (Å²) in [7, 11) is 0. The molecule has 2 aliphatic heterocycles. The highest BCUT2D eigenvalue weighted by Gasteiger charge is 2.43. The zero-order chi connectivity index (χ0) is 25.4. The summed E-state index contributed by atoms with van der Waals surface area (Å²) in [5.74, 6) is 0.922. The van der Waals surface area contributed by atoms with Crippen molar-refractivity contribution in [1.82, 2.24) is 4.90 Å². The molecule has 5 rings (SSSR count). The van der Waals surface area contributed by atoms with Gasteiger partial charge in [-0.1, -0.05) is 82.3 Å². The lowest BCUT2D eigenvalue weighted by molar-refractivity contribution is -0.0865. The second kappa shape index (κ2) is 9.70. The van der Waals surface area contributed by atoms with Crippen LogP contribution in [0.2, 0.25) is 0 Å². The monoisotopic (exact) mass is 471 g/mol. The van der Waals surface area contributed by atoms with Crippen LogP contribution in [0, 0.1) is 0 Å². The van der Waals surface area contributed by atoms with Crippen molar-refractivity contribution in [2.45, 2.75) is 84.6 Å². The van der Waals surface area contributed by atoms with Crippen LogP contribution in [0.5, 0.6) is 0 Å². The first-order valence-electron chi connectivity index (χ1n) is 13.1. The fourth-order valence-electron chi connectivity index (χ4n) is 5.69. The maximum absolute atomic E-state index is 6.35. The maximum Gasteiger partial charge on any atom is 0.120 e. The van der Waals surface area contributed by atoms with Crippen LogP contribution < -0.4 is 0 Å². The van der Waals surface area contributed by atoms with Gasteiger partial charge in [0.2, 0.25) is 0 Å². The Bertz CT molecular complexity index is 1160. The Morgan fingerprint density at radius 2 is 1.63 bits per heavy atom. The Morgan fingerprint density at radius 1 is 0.914 bits per heavy atom. The number of fused-ring (bicyclic) bond motifs is 3. The van der Waals surface area contributed by atoms with Crippen LogP contribution in [-0.2, 0) is 14.9 Å². The summed E-state index contributed by atoms with van der Waals surface area (Å²) in [6.07, 6.45) is 10.8. The molecule has 0 aromatic heterocycles. The zero-order valence-corrected chi connectivity index (χ0v) is 22.6. The van der Waals surface area contributed by atoms with Gasteiger partial charge in [0, 0.05) is 11.6 Å². The van der Waals surface area contributed by atoms with Gasteiger partial charge in [-0.25, -0.2) is 0 Å². The summed E-state index contributed by atoms with van der Waals surface area (Å²) < 4.78 is 12.6. The fourth-order valence-corrected chi connectivity index (χ4v) is 5.69. The van der Waals surface area contributed by atoms with Crippen molar-refractivity contribution in [3.05, 3.63) is 95.4 Å². The van der Waals surface area contributed by atoms with Crippen molar-refractivity contribution in [3.63, 3.8) is 0 Å². The summed E-state index contributed by atoms with van der Waals surface area (Å²) in [5, 5.41) is 0. The minimum Gasteiger partial charge on any atom is -0.493 e. The van der Waals surface area contributed by atoms with E-state index >= 15 is 0 Å². The van der Waals surface area contributed by atoms with Crippen molar-refractivity contribution in [2.24, 2.45) is 0 Å². The van der Waals surface area contributed by atoms with Crippen LogP contribution in [-0.4, -0.2) is 29.3 Å². The molecule has 4 atom stereocenters. The molecule has 0 saturated heterocycles. The number of hydrogen-bond acceptors (Lipinski definition) is 3. The first-order chi connectivity index (χ1) is 16.7. The molecule has 0 amide bonds. The second-order valence-corrected chi connectivity index (χ2v) is 10.5. The minimum absolute atomic E-state index is 0.0119. The van der Waals surface area contributed by atoms with Gasteiger partial charge in [0.05, 0.1) is 30.1 Å². The predicted molar refractivity (Wildman–Crippen MR) is 146 cm³/mol. The average molecular weight is 472 g/mol. The summed E-state index contributed by atoms with van der Waals surface area (Å²) in [6.45, 7) is 17.8. The fraction of sp³-hybridized carbons (Fsp3) is 0.438. The molecule has 3 heteroatoms. The largest absolute Gasteiger partial charge is 0.493 e. The number of benzene rings is 2. The molecule has 2 heterocycles.